The number of rotatable bonds is 11. The number of benzene rings is 3. The molecule has 0 radical (unpaired) electrons. The Morgan fingerprint density at radius 1 is 1.00 bits per heavy atom. The predicted octanol–water partition coefficient (Wildman–Crippen LogP) is 5.05. The van der Waals surface area contributed by atoms with Gasteiger partial charge in [0.2, 0.25) is 0 Å². The molecule has 0 aliphatic rings. The zero-order valence-electron chi connectivity index (χ0n) is 22.5. The molecule has 0 fully saturated rings. The Labute approximate surface area is 234 Å². The van der Waals surface area contributed by atoms with Crippen LogP contribution >= 0.6 is 11.6 Å². The lowest BCUT2D eigenvalue weighted by Crippen LogP contribution is -2.20. The second-order valence-corrected chi connectivity index (χ2v) is 9.50. The number of halogens is 1. The Bertz CT molecular complexity index is 1360. The van der Waals surface area contributed by atoms with Crippen molar-refractivity contribution < 1.29 is 14.3 Å². The molecule has 0 aliphatic carbocycles. The minimum Gasteiger partial charge on any atom is -0.494 e. The monoisotopic (exact) mass is 545 g/mol. The van der Waals surface area contributed by atoms with E-state index in [1.807, 2.05) is 26.2 Å². The van der Waals surface area contributed by atoms with E-state index in [1.54, 1.807) is 54.7 Å². The molecule has 2 amide bonds. The highest BCUT2D eigenvalue weighted by Crippen LogP contribution is 2.33. The van der Waals surface area contributed by atoms with E-state index in [1.165, 1.54) is 19.2 Å². The maximum Gasteiger partial charge on any atom is 0.257 e. The second kappa shape index (κ2) is 14.0. The smallest absolute Gasteiger partial charge is 0.257 e. The van der Waals surface area contributed by atoms with E-state index >= 15 is 0 Å². The number of ether oxygens (including phenoxy) is 1. The first-order chi connectivity index (χ1) is 18.7. The SMILES string of the molecule is C#Cc1ccc(NC(=O)c2cc(Cl)cc(OC)c2NC(=O)c2ccc(C=NN(C)CCCN(C)C)cc2)cc1. The van der Waals surface area contributed by atoms with Crippen LogP contribution in [0.4, 0.5) is 11.4 Å². The van der Waals surface area contributed by atoms with Gasteiger partial charge in [0.15, 0.2) is 0 Å². The average Bonchev–Trinajstić information content (AvgIpc) is 2.92. The summed E-state index contributed by atoms with van der Waals surface area (Å²) in [6, 6.07) is 16.8. The zero-order valence-corrected chi connectivity index (χ0v) is 23.2. The van der Waals surface area contributed by atoms with Crippen LogP contribution in [0.15, 0.2) is 65.8 Å². The maximum atomic E-state index is 13.2. The van der Waals surface area contributed by atoms with Crippen LogP contribution in [0, 0.1) is 12.3 Å². The molecule has 2 N–H and O–H groups in total. The van der Waals surface area contributed by atoms with Gasteiger partial charge in [-0.25, -0.2) is 0 Å². The number of amides is 2. The number of terminal acetylenes is 1. The van der Waals surface area contributed by atoms with E-state index in [0.717, 1.165) is 25.1 Å². The van der Waals surface area contributed by atoms with E-state index in [2.05, 4.69) is 26.6 Å². The second-order valence-electron chi connectivity index (χ2n) is 9.07. The van der Waals surface area contributed by atoms with Crippen molar-refractivity contribution >= 4 is 41.0 Å². The van der Waals surface area contributed by atoms with Crippen molar-refractivity contribution in [3.05, 3.63) is 87.9 Å². The van der Waals surface area contributed by atoms with Crippen LogP contribution in [0.25, 0.3) is 0 Å². The summed E-state index contributed by atoms with van der Waals surface area (Å²) < 4.78 is 5.42. The Morgan fingerprint density at radius 2 is 1.69 bits per heavy atom. The number of hydrogen-bond donors (Lipinski definition) is 2. The van der Waals surface area contributed by atoms with Crippen molar-refractivity contribution in [2.24, 2.45) is 5.10 Å². The average molecular weight is 546 g/mol. The summed E-state index contributed by atoms with van der Waals surface area (Å²) in [6.45, 7) is 1.83. The lowest BCUT2D eigenvalue weighted by Gasteiger charge is -2.16. The van der Waals surface area contributed by atoms with Gasteiger partial charge in [0.25, 0.3) is 11.8 Å². The molecule has 39 heavy (non-hydrogen) atoms. The minimum atomic E-state index is -0.471. The van der Waals surface area contributed by atoms with Crippen LogP contribution in [0.1, 0.15) is 38.3 Å². The van der Waals surface area contributed by atoms with Gasteiger partial charge in [-0.05, 0) is 75.1 Å². The van der Waals surface area contributed by atoms with Gasteiger partial charge in [0, 0.05) is 41.5 Å². The Balaban J connectivity index is 1.74. The molecule has 0 heterocycles. The lowest BCUT2D eigenvalue weighted by atomic mass is 10.1. The number of methoxy groups -OCH3 is 1. The molecule has 0 saturated carbocycles. The fraction of sp³-hybridized carbons (Fsp3) is 0.233. The molecule has 0 unspecified atom stereocenters. The molecule has 202 valence electrons. The summed E-state index contributed by atoms with van der Waals surface area (Å²) in [7, 11) is 7.45. The number of hydrazone groups is 1. The van der Waals surface area contributed by atoms with E-state index in [0.29, 0.717) is 16.8 Å². The molecular weight excluding hydrogens is 514 g/mol. The molecule has 3 aromatic rings. The maximum absolute atomic E-state index is 13.2. The topological polar surface area (TPSA) is 86.3 Å². The first kappa shape index (κ1) is 29.2. The first-order valence-corrected chi connectivity index (χ1v) is 12.6. The molecule has 8 nitrogen and oxygen atoms in total. The highest BCUT2D eigenvalue weighted by atomic mass is 35.5. The summed E-state index contributed by atoms with van der Waals surface area (Å²) in [5.41, 5.74) is 2.83. The van der Waals surface area contributed by atoms with Crippen LogP contribution in [-0.2, 0) is 0 Å². The van der Waals surface area contributed by atoms with Crippen LogP contribution in [0.5, 0.6) is 5.75 Å². The third kappa shape index (κ3) is 8.60. The van der Waals surface area contributed by atoms with E-state index in [-0.39, 0.29) is 22.0 Å². The van der Waals surface area contributed by atoms with Crippen LogP contribution in [0.2, 0.25) is 5.02 Å². The van der Waals surface area contributed by atoms with Gasteiger partial charge < -0.3 is 25.3 Å². The summed E-state index contributed by atoms with van der Waals surface area (Å²) in [6.07, 6.45) is 8.15. The van der Waals surface area contributed by atoms with Gasteiger partial charge in [-0.15, -0.1) is 6.42 Å². The Morgan fingerprint density at radius 3 is 2.31 bits per heavy atom. The van der Waals surface area contributed by atoms with Crippen molar-refractivity contribution in [3.63, 3.8) is 0 Å². The lowest BCUT2D eigenvalue weighted by molar-refractivity contribution is 0.102. The number of carbonyl (C=O) groups is 2. The summed E-state index contributed by atoms with van der Waals surface area (Å²) in [5.74, 6) is 1.90. The fourth-order valence-corrected chi connectivity index (χ4v) is 3.85. The van der Waals surface area contributed by atoms with Crippen molar-refractivity contribution in [2.45, 2.75) is 6.42 Å². The summed E-state index contributed by atoms with van der Waals surface area (Å²) >= 11 is 6.24. The Kier molecular flexibility index (Phi) is 10.5. The predicted molar refractivity (Wildman–Crippen MR) is 158 cm³/mol. The molecule has 0 bridgehead atoms. The minimum absolute atomic E-state index is 0.148. The molecule has 0 aromatic heterocycles. The highest BCUT2D eigenvalue weighted by Gasteiger charge is 2.20. The zero-order chi connectivity index (χ0) is 28.4. The van der Waals surface area contributed by atoms with Crippen LogP contribution in [-0.4, -0.2) is 69.3 Å². The van der Waals surface area contributed by atoms with Crippen molar-refractivity contribution in [3.8, 4) is 18.1 Å². The van der Waals surface area contributed by atoms with E-state index in [4.69, 9.17) is 22.8 Å². The Hall–Kier alpha value is -4.32. The largest absolute Gasteiger partial charge is 0.494 e. The van der Waals surface area contributed by atoms with Crippen molar-refractivity contribution in [1.82, 2.24) is 9.91 Å². The molecule has 3 rings (SSSR count). The van der Waals surface area contributed by atoms with Crippen LogP contribution < -0.4 is 15.4 Å². The molecule has 0 spiro atoms. The normalized spacial score (nSPS) is 10.8. The van der Waals surface area contributed by atoms with Crippen LogP contribution in [0.3, 0.4) is 0 Å². The number of carbonyl (C=O) groups excluding carboxylic acids is 2. The van der Waals surface area contributed by atoms with E-state index in [9.17, 15) is 9.59 Å². The van der Waals surface area contributed by atoms with Gasteiger partial charge in [-0.2, -0.15) is 5.10 Å². The van der Waals surface area contributed by atoms with Crippen molar-refractivity contribution in [2.75, 3.05) is 52.0 Å². The third-order valence-electron chi connectivity index (χ3n) is 5.74. The quantitative estimate of drug-likeness (QED) is 0.200. The molecule has 0 aliphatic heterocycles. The first-order valence-electron chi connectivity index (χ1n) is 12.3. The standard InChI is InChI=1S/C30H32ClN5O3/c1-6-21-10-14-25(15-11-21)33-30(38)26-18-24(31)19-27(39-5)28(26)34-29(37)23-12-8-22(9-13-23)20-32-36(4)17-7-16-35(2)3/h1,8-15,18-20H,7,16-17H2,2-5H3,(H,33,38)(H,34,37). The summed E-state index contributed by atoms with van der Waals surface area (Å²) in [5, 5.41) is 12.2. The number of anilines is 2. The molecule has 9 heteroatoms. The molecule has 0 atom stereocenters. The fourth-order valence-electron chi connectivity index (χ4n) is 3.64. The van der Waals surface area contributed by atoms with Gasteiger partial charge >= 0.3 is 0 Å². The number of nitrogens with zero attached hydrogens (tertiary/aromatic N) is 3. The number of hydrogen-bond acceptors (Lipinski definition) is 6. The highest BCUT2D eigenvalue weighted by molar-refractivity contribution is 6.31. The van der Waals surface area contributed by atoms with Gasteiger partial charge in [0.05, 0.1) is 24.6 Å². The van der Waals surface area contributed by atoms with Gasteiger partial charge in [0.1, 0.15) is 5.75 Å². The summed E-state index contributed by atoms with van der Waals surface area (Å²) in [4.78, 5) is 28.4. The molecule has 3 aromatic carbocycles. The van der Waals surface area contributed by atoms with Crippen molar-refractivity contribution in [1.29, 1.82) is 0 Å². The van der Waals surface area contributed by atoms with Gasteiger partial charge in [-0.3, -0.25) is 9.59 Å². The number of nitrogens with one attached hydrogen (secondary N) is 2. The van der Waals surface area contributed by atoms with Gasteiger partial charge in [-0.1, -0.05) is 29.7 Å². The third-order valence-corrected chi connectivity index (χ3v) is 5.96. The molecular formula is C30H32ClN5O3. The van der Waals surface area contributed by atoms with E-state index < -0.39 is 11.8 Å². The molecule has 0 saturated heterocycles.